The maximum Gasteiger partial charge on any atom is 0.257 e. The van der Waals surface area contributed by atoms with E-state index in [-0.39, 0.29) is 5.91 Å². The van der Waals surface area contributed by atoms with Crippen molar-refractivity contribution in [3.05, 3.63) is 82.5 Å². The number of aromatic nitrogens is 2. The topological polar surface area (TPSA) is 46.9 Å². The van der Waals surface area contributed by atoms with Gasteiger partial charge in [-0.25, -0.2) is 0 Å². The van der Waals surface area contributed by atoms with Crippen molar-refractivity contribution >= 4 is 11.7 Å². The van der Waals surface area contributed by atoms with E-state index in [9.17, 15) is 4.79 Å². The summed E-state index contributed by atoms with van der Waals surface area (Å²) in [6.07, 6.45) is 0. The standard InChI is InChI=1S/C20H21N3O/c1-14-9-10-18(15(2)11-14)20(24)21-19-12-16(3)23(22-19)13-17-7-5-4-6-8-17/h4-12H,13H2,1-3H3,(H,21,22,24). The highest BCUT2D eigenvalue weighted by molar-refractivity contribution is 6.04. The molecule has 0 aliphatic carbocycles. The number of nitrogens with zero attached hydrogens (tertiary/aromatic N) is 2. The molecule has 3 rings (SSSR count). The van der Waals surface area contributed by atoms with Gasteiger partial charge in [0.05, 0.1) is 6.54 Å². The molecule has 0 aliphatic rings. The van der Waals surface area contributed by atoms with Gasteiger partial charge in [0.15, 0.2) is 5.82 Å². The molecule has 1 N–H and O–H groups in total. The molecule has 1 amide bonds. The van der Waals surface area contributed by atoms with Crippen molar-refractivity contribution in [1.29, 1.82) is 0 Å². The van der Waals surface area contributed by atoms with Crippen molar-refractivity contribution in [3.8, 4) is 0 Å². The Labute approximate surface area is 142 Å². The van der Waals surface area contributed by atoms with E-state index < -0.39 is 0 Å². The quantitative estimate of drug-likeness (QED) is 0.786. The summed E-state index contributed by atoms with van der Waals surface area (Å²) in [5, 5.41) is 7.40. The number of carbonyl (C=O) groups is 1. The largest absolute Gasteiger partial charge is 0.305 e. The van der Waals surface area contributed by atoms with Gasteiger partial charge in [-0.15, -0.1) is 0 Å². The summed E-state index contributed by atoms with van der Waals surface area (Å²) in [4.78, 5) is 12.5. The van der Waals surface area contributed by atoms with Gasteiger partial charge in [0, 0.05) is 17.3 Å². The van der Waals surface area contributed by atoms with Gasteiger partial charge in [-0.3, -0.25) is 9.48 Å². The number of nitrogens with one attached hydrogen (secondary N) is 1. The lowest BCUT2D eigenvalue weighted by atomic mass is 10.1. The Bertz CT molecular complexity index is 866. The monoisotopic (exact) mass is 319 g/mol. The normalized spacial score (nSPS) is 10.6. The van der Waals surface area contributed by atoms with Gasteiger partial charge in [0.1, 0.15) is 0 Å². The summed E-state index contributed by atoms with van der Waals surface area (Å²) in [5.41, 5.74) is 4.97. The number of carbonyl (C=O) groups excluding carboxylic acids is 1. The van der Waals surface area contributed by atoms with Gasteiger partial charge in [-0.2, -0.15) is 5.10 Å². The highest BCUT2D eigenvalue weighted by atomic mass is 16.1. The third kappa shape index (κ3) is 3.54. The average molecular weight is 319 g/mol. The lowest BCUT2D eigenvalue weighted by Crippen LogP contribution is -2.14. The molecule has 24 heavy (non-hydrogen) atoms. The lowest BCUT2D eigenvalue weighted by Gasteiger charge is -2.07. The van der Waals surface area contributed by atoms with Gasteiger partial charge in [0.25, 0.3) is 5.91 Å². The van der Waals surface area contributed by atoms with Gasteiger partial charge in [-0.1, -0.05) is 48.0 Å². The second-order valence-electron chi connectivity index (χ2n) is 6.09. The molecule has 0 saturated carbocycles. The predicted octanol–water partition coefficient (Wildman–Crippen LogP) is 4.11. The molecule has 0 atom stereocenters. The molecule has 1 aromatic heterocycles. The lowest BCUT2D eigenvalue weighted by molar-refractivity contribution is 0.102. The van der Waals surface area contributed by atoms with E-state index in [0.29, 0.717) is 17.9 Å². The van der Waals surface area contributed by atoms with Crippen molar-refractivity contribution in [2.24, 2.45) is 0 Å². The van der Waals surface area contributed by atoms with Crippen LogP contribution >= 0.6 is 0 Å². The Morgan fingerprint density at radius 1 is 1.04 bits per heavy atom. The number of hydrogen-bond acceptors (Lipinski definition) is 2. The molecule has 4 heteroatoms. The van der Waals surface area contributed by atoms with Gasteiger partial charge in [0.2, 0.25) is 0 Å². The predicted molar refractivity (Wildman–Crippen MR) is 96.4 cm³/mol. The van der Waals surface area contributed by atoms with Crippen LogP contribution in [0.15, 0.2) is 54.6 Å². The molecule has 0 spiro atoms. The zero-order valence-corrected chi connectivity index (χ0v) is 14.2. The summed E-state index contributed by atoms with van der Waals surface area (Å²) in [6, 6.07) is 17.8. The maximum absolute atomic E-state index is 12.5. The van der Waals surface area contributed by atoms with Crippen LogP contribution in [-0.4, -0.2) is 15.7 Å². The molecule has 1 heterocycles. The van der Waals surface area contributed by atoms with Crippen LogP contribution in [0.2, 0.25) is 0 Å². The summed E-state index contributed by atoms with van der Waals surface area (Å²) < 4.78 is 1.90. The molecular weight excluding hydrogens is 298 g/mol. The third-order valence-corrected chi connectivity index (χ3v) is 4.02. The molecule has 4 nitrogen and oxygen atoms in total. The smallest absolute Gasteiger partial charge is 0.257 e. The van der Waals surface area contributed by atoms with Crippen LogP contribution in [0.25, 0.3) is 0 Å². The van der Waals surface area contributed by atoms with E-state index in [4.69, 9.17) is 0 Å². The molecule has 122 valence electrons. The number of amides is 1. The second kappa shape index (κ2) is 6.71. The van der Waals surface area contributed by atoms with Crippen molar-refractivity contribution in [1.82, 2.24) is 9.78 Å². The minimum Gasteiger partial charge on any atom is -0.305 e. The highest BCUT2D eigenvalue weighted by Gasteiger charge is 2.12. The van der Waals surface area contributed by atoms with E-state index in [1.807, 2.05) is 67.9 Å². The highest BCUT2D eigenvalue weighted by Crippen LogP contribution is 2.15. The number of hydrogen-bond donors (Lipinski definition) is 1. The Morgan fingerprint density at radius 3 is 2.50 bits per heavy atom. The number of benzene rings is 2. The first-order chi connectivity index (χ1) is 11.5. The molecule has 0 bridgehead atoms. The Kier molecular flexibility index (Phi) is 4.47. The zero-order chi connectivity index (χ0) is 17.1. The molecular formula is C20H21N3O. The minimum absolute atomic E-state index is 0.128. The van der Waals surface area contributed by atoms with Crippen LogP contribution in [0.1, 0.15) is 32.7 Å². The summed E-state index contributed by atoms with van der Waals surface area (Å²) in [5.74, 6) is 0.449. The number of rotatable bonds is 4. The first-order valence-corrected chi connectivity index (χ1v) is 8.00. The van der Waals surface area contributed by atoms with Crippen molar-refractivity contribution in [3.63, 3.8) is 0 Å². The van der Waals surface area contributed by atoms with Crippen LogP contribution < -0.4 is 5.32 Å². The van der Waals surface area contributed by atoms with E-state index in [2.05, 4.69) is 22.5 Å². The zero-order valence-electron chi connectivity index (χ0n) is 14.2. The fourth-order valence-corrected chi connectivity index (χ4v) is 2.74. The minimum atomic E-state index is -0.128. The number of anilines is 1. The molecule has 3 aromatic rings. The Hall–Kier alpha value is -2.88. The fraction of sp³-hybridized carbons (Fsp3) is 0.200. The van der Waals surface area contributed by atoms with Gasteiger partial charge >= 0.3 is 0 Å². The summed E-state index contributed by atoms with van der Waals surface area (Å²) in [6.45, 7) is 6.64. The molecule has 2 aromatic carbocycles. The maximum atomic E-state index is 12.5. The third-order valence-electron chi connectivity index (χ3n) is 4.02. The van der Waals surface area contributed by atoms with Crippen LogP contribution in [0.5, 0.6) is 0 Å². The van der Waals surface area contributed by atoms with E-state index >= 15 is 0 Å². The van der Waals surface area contributed by atoms with Crippen molar-refractivity contribution < 1.29 is 4.79 Å². The Morgan fingerprint density at radius 2 is 1.79 bits per heavy atom. The molecule has 0 saturated heterocycles. The van der Waals surface area contributed by atoms with Gasteiger partial charge < -0.3 is 5.32 Å². The summed E-state index contributed by atoms with van der Waals surface area (Å²) >= 11 is 0. The molecule has 0 aliphatic heterocycles. The van der Waals surface area contributed by atoms with Crippen molar-refractivity contribution in [2.75, 3.05) is 5.32 Å². The molecule has 0 radical (unpaired) electrons. The van der Waals surface area contributed by atoms with E-state index in [1.165, 1.54) is 5.56 Å². The average Bonchev–Trinajstić information content (AvgIpc) is 2.87. The van der Waals surface area contributed by atoms with Crippen LogP contribution in [0, 0.1) is 20.8 Å². The SMILES string of the molecule is Cc1ccc(C(=O)Nc2cc(C)n(Cc3ccccc3)n2)c(C)c1. The van der Waals surface area contributed by atoms with E-state index in [0.717, 1.165) is 16.8 Å². The number of aryl methyl sites for hydroxylation is 3. The summed E-state index contributed by atoms with van der Waals surface area (Å²) in [7, 11) is 0. The fourth-order valence-electron chi connectivity index (χ4n) is 2.74. The van der Waals surface area contributed by atoms with Gasteiger partial charge in [-0.05, 0) is 38.0 Å². The van der Waals surface area contributed by atoms with Crippen LogP contribution in [0.3, 0.4) is 0 Å². The van der Waals surface area contributed by atoms with Crippen LogP contribution in [-0.2, 0) is 6.54 Å². The molecule has 0 unspecified atom stereocenters. The first-order valence-electron chi connectivity index (χ1n) is 8.00. The first kappa shape index (κ1) is 16.0. The molecule has 0 fully saturated rings. The van der Waals surface area contributed by atoms with Crippen molar-refractivity contribution in [2.45, 2.75) is 27.3 Å². The van der Waals surface area contributed by atoms with Crippen LogP contribution in [0.4, 0.5) is 5.82 Å². The second-order valence-corrected chi connectivity index (χ2v) is 6.09. The Balaban J connectivity index is 1.76. The van der Waals surface area contributed by atoms with E-state index in [1.54, 1.807) is 0 Å².